The SMILES string of the molecule is Clc1ccc(Cl)c(-c2nccc(I)n2)c1. The number of benzene rings is 1. The molecule has 15 heavy (non-hydrogen) atoms. The molecule has 0 amide bonds. The van der Waals surface area contributed by atoms with E-state index in [1.807, 2.05) is 6.07 Å². The molecule has 0 bridgehead atoms. The molecule has 2 rings (SSSR count). The smallest absolute Gasteiger partial charge is 0.161 e. The molecule has 1 aromatic carbocycles. The van der Waals surface area contributed by atoms with Crippen LogP contribution in [0.1, 0.15) is 0 Å². The lowest BCUT2D eigenvalue weighted by Crippen LogP contribution is -1.91. The Balaban J connectivity index is 2.58. The summed E-state index contributed by atoms with van der Waals surface area (Å²) >= 11 is 14.1. The third-order valence-corrected chi connectivity index (χ3v) is 2.96. The maximum absolute atomic E-state index is 6.04. The van der Waals surface area contributed by atoms with Gasteiger partial charge in [-0.25, -0.2) is 9.97 Å². The molecule has 0 unspecified atom stereocenters. The van der Waals surface area contributed by atoms with E-state index in [1.165, 1.54) is 0 Å². The van der Waals surface area contributed by atoms with Crippen molar-refractivity contribution >= 4 is 45.8 Å². The van der Waals surface area contributed by atoms with Gasteiger partial charge in [0.2, 0.25) is 0 Å². The fraction of sp³-hybridized carbons (Fsp3) is 0. The monoisotopic (exact) mass is 350 g/mol. The zero-order valence-corrected chi connectivity index (χ0v) is 11.1. The van der Waals surface area contributed by atoms with Gasteiger partial charge in [0.15, 0.2) is 5.82 Å². The van der Waals surface area contributed by atoms with Gasteiger partial charge in [-0.05, 0) is 46.9 Å². The molecule has 0 radical (unpaired) electrons. The first-order chi connectivity index (χ1) is 7.16. The molecule has 0 atom stereocenters. The second-order valence-corrected chi connectivity index (χ2v) is 4.78. The summed E-state index contributed by atoms with van der Waals surface area (Å²) in [7, 11) is 0. The predicted octanol–water partition coefficient (Wildman–Crippen LogP) is 4.06. The fourth-order valence-electron chi connectivity index (χ4n) is 1.14. The van der Waals surface area contributed by atoms with Crippen molar-refractivity contribution in [1.29, 1.82) is 0 Å². The number of nitrogens with zero attached hydrogens (tertiary/aromatic N) is 2. The Labute approximate surface area is 111 Å². The van der Waals surface area contributed by atoms with Gasteiger partial charge < -0.3 is 0 Å². The Hall–Kier alpha value is -0.390. The summed E-state index contributed by atoms with van der Waals surface area (Å²) in [5.41, 5.74) is 0.752. The van der Waals surface area contributed by atoms with Crippen molar-refractivity contribution in [2.75, 3.05) is 0 Å². The van der Waals surface area contributed by atoms with Crippen LogP contribution in [-0.4, -0.2) is 9.97 Å². The van der Waals surface area contributed by atoms with Crippen LogP contribution >= 0.6 is 45.8 Å². The van der Waals surface area contributed by atoms with E-state index in [4.69, 9.17) is 23.2 Å². The average Bonchev–Trinajstić information content (AvgIpc) is 2.22. The van der Waals surface area contributed by atoms with Crippen molar-refractivity contribution < 1.29 is 0 Å². The molecule has 2 nitrogen and oxygen atoms in total. The molecule has 0 fully saturated rings. The van der Waals surface area contributed by atoms with Crippen LogP contribution in [0.25, 0.3) is 11.4 Å². The van der Waals surface area contributed by atoms with Gasteiger partial charge in [-0.3, -0.25) is 0 Å². The van der Waals surface area contributed by atoms with E-state index in [0.29, 0.717) is 15.9 Å². The quantitative estimate of drug-likeness (QED) is 0.572. The van der Waals surface area contributed by atoms with Crippen LogP contribution in [0, 0.1) is 3.70 Å². The summed E-state index contributed by atoms with van der Waals surface area (Å²) in [4.78, 5) is 8.43. The van der Waals surface area contributed by atoms with E-state index in [-0.39, 0.29) is 0 Å². The van der Waals surface area contributed by atoms with Gasteiger partial charge >= 0.3 is 0 Å². The van der Waals surface area contributed by atoms with Gasteiger partial charge in [0.25, 0.3) is 0 Å². The highest BCUT2D eigenvalue weighted by Crippen LogP contribution is 2.28. The maximum atomic E-state index is 6.04. The molecule has 2 aromatic rings. The summed E-state index contributed by atoms with van der Waals surface area (Å²) in [6.07, 6.45) is 1.70. The molecule has 0 N–H and O–H groups in total. The molecule has 1 aromatic heterocycles. The number of rotatable bonds is 1. The maximum Gasteiger partial charge on any atom is 0.161 e. The summed E-state index contributed by atoms with van der Waals surface area (Å²) < 4.78 is 0.869. The van der Waals surface area contributed by atoms with Crippen LogP contribution < -0.4 is 0 Å². The first-order valence-electron chi connectivity index (χ1n) is 4.11. The Morgan fingerprint density at radius 1 is 1.13 bits per heavy atom. The van der Waals surface area contributed by atoms with Crippen molar-refractivity contribution in [2.45, 2.75) is 0 Å². The highest BCUT2D eigenvalue weighted by Gasteiger charge is 2.07. The lowest BCUT2D eigenvalue weighted by atomic mass is 10.2. The molecular weight excluding hydrogens is 346 g/mol. The Morgan fingerprint density at radius 2 is 1.93 bits per heavy atom. The third kappa shape index (κ3) is 2.59. The van der Waals surface area contributed by atoms with Gasteiger partial charge in [-0.15, -0.1) is 0 Å². The largest absolute Gasteiger partial charge is 0.236 e. The van der Waals surface area contributed by atoms with Crippen molar-refractivity contribution in [2.24, 2.45) is 0 Å². The molecule has 76 valence electrons. The predicted molar refractivity (Wildman–Crippen MR) is 70.2 cm³/mol. The number of halogens is 3. The van der Waals surface area contributed by atoms with Crippen molar-refractivity contribution in [3.8, 4) is 11.4 Å². The Bertz CT molecular complexity index is 503. The lowest BCUT2D eigenvalue weighted by Gasteiger charge is -2.03. The van der Waals surface area contributed by atoms with Crippen LogP contribution in [0.15, 0.2) is 30.5 Å². The third-order valence-electron chi connectivity index (χ3n) is 1.79. The van der Waals surface area contributed by atoms with Crippen LogP contribution in [0.3, 0.4) is 0 Å². The highest BCUT2D eigenvalue weighted by molar-refractivity contribution is 14.1. The zero-order chi connectivity index (χ0) is 10.8. The summed E-state index contributed by atoms with van der Waals surface area (Å²) in [6.45, 7) is 0. The molecule has 1 heterocycles. The van der Waals surface area contributed by atoms with Gasteiger partial charge in [0.05, 0.1) is 5.02 Å². The summed E-state index contributed by atoms with van der Waals surface area (Å²) in [6, 6.07) is 7.06. The molecule has 0 aliphatic rings. The minimum absolute atomic E-state index is 0.592. The molecular formula is C10H5Cl2IN2. The van der Waals surface area contributed by atoms with E-state index < -0.39 is 0 Å². The molecule has 0 spiro atoms. The van der Waals surface area contributed by atoms with Crippen LogP contribution in [0.2, 0.25) is 10.0 Å². The highest BCUT2D eigenvalue weighted by atomic mass is 127. The molecule has 0 saturated heterocycles. The van der Waals surface area contributed by atoms with Crippen molar-refractivity contribution in [3.63, 3.8) is 0 Å². The normalized spacial score (nSPS) is 10.3. The fourth-order valence-corrected chi connectivity index (χ4v) is 1.90. The second-order valence-electron chi connectivity index (χ2n) is 2.83. The van der Waals surface area contributed by atoms with Gasteiger partial charge in [-0.2, -0.15) is 0 Å². The molecule has 0 saturated carbocycles. The van der Waals surface area contributed by atoms with Crippen molar-refractivity contribution in [3.05, 3.63) is 44.2 Å². The van der Waals surface area contributed by atoms with E-state index in [0.717, 1.165) is 9.26 Å². The number of aromatic nitrogens is 2. The second kappa shape index (κ2) is 4.63. The summed E-state index contributed by atoms with van der Waals surface area (Å²) in [5.74, 6) is 0.592. The topological polar surface area (TPSA) is 25.8 Å². The molecule has 5 heteroatoms. The zero-order valence-electron chi connectivity index (χ0n) is 7.42. The Morgan fingerprint density at radius 3 is 2.67 bits per heavy atom. The van der Waals surface area contributed by atoms with Gasteiger partial charge in [-0.1, -0.05) is 23.2 Å². The number of hydrogen-bond acceptors (Lipinski definition) is 2. The standard InChI is InChI=1S/C10H5Cl2IN2/c11-6-1-2-8(12)7(5-6)10-14-4-3-9(13)15-10/h1-5H. The summed E-state index contributed by atoms with van der Waals surface area (Å²) in [5, 5.41) is 1.22. The van der Waals surface area contributed by atoms with Crippen LogP contribution in [-0.2, 0) is 0 Å². The van der Waals surface area contributed by atoms with E-state index >= 15 is 0 Å². The molecule has 0 aliphatic carbocycles. The Kier molecular flexibility index (Phi) is 3.43. The molecule has 0 aliphatic heterocycles. The minimum Gasteiger partial charge on any atom is -0.236 e. The van der Waals surface area contributed by atoms with Crippen LogP contribution in [0.5, 0.6) is 0 Å². The first-order valence-corrected chi connectivity index (χ1v) is 5.94. The van der Waals surface area contributed by atoms with Gasteiger partial charge in [0, 0.05) is 16.8 Å². The average molecular weight is 351 g/mol. The van der Waals surface area contributed by atoms with E-state index in [1.54, 1.807) is 24.4 Å². The lowest BCUT2D eigenvalue weighted by molar-refractivity contribution is 1.15. The van der Waals surface area contributed by atoms with E-state index in [2.05, 4.69) is 32.6 Å². The first kappa shape index (κ1) is 11.1. The minimum atomic E-state index is 0.592. The van der Waals surface area contributed by atoms with E-state index in [9.17, 15) is 0 Å². The van der Waals surface area contributed by atoms with Gasteiger partial charge in [0.1, 0.15) is 3.70 Å². The van der Waals surface area contributed by atoms with Crippen molar-refractivity contribution in [1.82, 2.24) is 9.97 Å². The number of hydrogen-bond donors (Lipinski definition) is 0. The van der Waals surface area contributed by atoms with Crippen LogP contribution in [0.4, 0.5) is 0 Å².